The number of nitrogens with zero attached hydrogens (tertiary/aromatic N) is 2. The molecular formula is C18H23ClN4O2. The van der Waals surface area contributed by atoms with E-state index in [0.717, 1.165) is 25.7 Å². The minimum Gasteiger partial charge on any atom is -0.308 e. The first-order chi connectivity index (χ1) is 12.0. The highest BCUT2D eigenvalue weighted by atomic mass is 35.5. The highest BCUT2D eigenvalue weighted by molar-refractivity contribution is 6.31. The van der Waals surface area contributed by atoms with Gasteiger partial charge in [0.25, 0.3) is 0 Å². The number of unbranched alkanes of at least 4 members (excludes halogenated alkanes) is 2. The van der Waals surface area contributed by atoms with Crippen LogP contribution in [0.5, 0.6) is 0 Å². The lowest BCUT2D eigenvalue weighted by Gasteiger charge is -2.12. The molecule has 25 heavy (non-hydrogen) atoms. The van der Waals surface area contributed by atoms with E-state index in [9.17, 15) is 9.59 Å². The fourth-order valence-electron chi connectivity index (χ4n) is 2.27. The first-order valence-electron chi connectivity index (χ1n) is 8.60. The Morgan fingerprint density at radius 2 is 1.44 bits per heavy atom. The van der Waals surface area contributed by atoms with Crippen LogP contribution in [-0.2, 0) is 9.59 Å². The maximum absolute atomic E-state index is 12.1. The molecule has 1 heterocycles. The maximum Gasteiger partial charge on any atom is 0.225 e. The Bertz CT molecular complexity index is 764. The quantitative estimate of drug-likeness (QED) is 0.722. The van der Waals surface area contributed by atoms with Crippen LogP contribution >= 0.6 is 11.6 Å². The largest absolute Gasteiger partial charge is 0.308 e. The van der Waals surface area contributed by atoms with Crippen LogP contribution < -0.4 is 10.6 Å². The first-order valence-corrected chi connectivity index (χ1v) is 8.98. The second-order valence-corrected chi connectivity index (χ2v) is 6.29. The molecule has 6 nitrogen and oxygen atoms in total. The van der Waals surface area contributed by atoms with E-state index in [0.29, 0.717) is 28.9 Å². The van der Waals surface area contributed by atoms with Gasteiger partial charge in [-0.25, -0.2) is 9.97 Å². The second kappa shape index (κ2) is 9.32. The summed E-state index contributed by atoms with van der Waals surface area (Å²) in [5.41, 5.74) is 1.16. The van der Waals surface area contributed by atoms with Gasteiger partial charge in [0.05, 0.1) is 11.0 Å². The molecule has 2 aromatic rings. The third kappa shape index (κ3) is 5.67. The lowest BCUT2D eigenvalue weighted by Crippen LogP contribution is -2.18. The van der Waals surface area contributed by atoms with E-state index in [2.05, 4.69) is 20.6 Å². The third-order valence-corrected chi connectivity index (χ3v) is 3.89. The second-order valence-electron chi connectivity index (χ2n) is 5.86. The lowest BCUT2D eigenvalue weighted by molar-refractivity contribution is -0.117. The molecule has 0 saturated heterocycles. The molecule has 2 amide bonds. The smallest absolute Gasteiger partial charge is 0.225 e. The van der Waals surface area contributed by atoms with Gasteiger partial charge in [-0.05, 0) is 31.0 Å². The Morgan fingerprint density at radius 3 is 1.96 bits per heavy atom. The van der Waals surface area contributed by atoms with Gasteiger partial charge >= 0.3 is 0 Å². The van der Waals surface area contributed by atoms with Crippen LogP contribution in [-0.4, -0.2) is 21.8 Å². The molecular weight excluding hydrogens is 340 g/mol. The molecule has 0 bridgehead atoms. The normalized spacial score (nSPS) is 10.7. The molecule has 0 unspecified atom stereocenters. The third-order valence-electron chi connectivity index (χ3n) is 3.66. The van der Waals surface area contributed by atoms with E-state index >= 15 is 0 Å². The Hall–Kier alpha value is -2.21. The molecule has 7 heteroatoms. The van der Waals surface area contributed by atoms with Crippen LogP contribution in [0.2, 0.25) is 5.02 Å². The number of anilines is 2. The Labute approximate surface area is 152 Å². The number of hydrogen-bond acceptors (Lipinski definition) is 4. The number of halogens is 1. The zero-order chi connectivity index (χ0) is 18.2. The van der Waals surface area contributed by atoms with Gasteiger partial charge in [0.1, 0.15) is 0 Å². The molecule has 0 spiro atoms. The number of carbonyl (C=O) groups is 2. The molecule has 0 saturated carbocycles. The molecule has 134 valence electrons. The van der Waals surface area contributed by atoms with Crippen molar-refractivity contribution < 1.29 is 9.59 Å². The van der Waals surface area contributed by atoms with Crippen molar-refractivity contribution in [2.24, 2.45) is 0 Å². The van der Waals surface area contributed by atoms with Gasteiger partial charge in [0, 0.05) is 17.9 Å². The van der Waals surface area contributed by atoms with Crippen molar-refractivity contribution in [2.75, 3.05) is 10.6 Å². The summed E-state index contributed by atoms with van der Waals surface area (Å²) in [7, 11) is 0. The van der Waals surface area contributed by atoms with E-state index in [1.54, 1.807) is 18.2 Å². The summed E-state index contributed by atoms with van der Waals surface area (Å²) in [6.07, 6.45) is 4.23. The molecule has 0 atom stereocenters. The number of amides is 2. The lowest BCUT2D eigenvalue weighted by atomic mass is 10.2. The van der Waals surface area contributed by atoms with Crippen LogP contribution in [0.3, 0.4) is 0 Å². The van der Waals surface area contributed by atoms with Crippen molar-refractivity contribution in [3.8, 4) is 0 Å². The van der Waals surface area contributed by atoms with Crippen molar-refractivity contribution >= 4 is 46.1 Å². The number of nitrogens with one attached hydrogen (secondary N) is 2. The molecule has 2 rings (SSSR count). The minimum absolute atomic E-state index is 0.145. The number of fused-ring (bicyclic) bond motifs is 1. The summed E-state index contributed by atoms with van der Waals surface area (Å²) in [6.45, 7) is 4.04. The molecule has 0 aliphatic rings. The van der Waals surface area contributed by atoms with Crippen LogP contribution in [0, 0.1) is 0 Å². The van der Waals surface area contributed by atoms with E-state index in [-0.39, 0.29) is 23.5 Å². The molecule has 1 aromatic heterocycles. The predicted molar refractivity (Wildman–Crippen MR) is 101 cm³/mol. The summed E-state index contributed by atoms with van der Waals surface area (Å²) in [4.78, 5) is 33.0. The molecule has 0 aliphatic carbocycles. The van der Waals surface area contributed by atoms with Crippen LogP contribution in [0.1, 0.15) is 52.4 Å². The van der Waals surface area contributed by atoms with Crippen molar-refractivity contribution in [1.29, 1.82) is 0 Å². The van der Waals surface area contributed by atoms with Gasteiger partial charge in [-0.1, -0.05) is 38.3 Å². The molecule has 0 fully saturated rings. The zero-order valence-electron chi connectivity index (χ0n) is 14.6. The first kappa shape index (κ1) is 19.1. The van der Waals surface area contributed by atoms with Crippen molar-refractivity contribution in [1.82, 2.24) is 9.97 Å². The molecule has 0 aliphatic heterocycles. The van der Waals surface area contributed by atoms with Gasteiger partial charge in [-0.2, -0.15) is 0 Å². The Morgan fingerprint density at radius 1 is 0.920 bits per heavy atom. The van der Waals surface area contributed by atoms with Crippen molar-refractivity contribution in [2.45, 2.75) is 52.4 Å². The average molecular weight is 363 g/mol. The fraction of sp³-hybridized carbons (Fsp3) is 0.444. The van der Waals surface area contributed by atoms with Gasteiger partial charge in [-0.15, -0.1) is 0 Å². The molecule has 0 radical (unpaired) electrons. The molecule has 1 aromatic carbocycles. The topological polar surface area (TPSA) is 84.0 Å². The summed E-state index contributed by atoms with van der Waals surface area (Å²) < 4.78 is 0. The summed E-state index contributed by atoms with van der Waals surface area (Å²) in [6, 6.07) is 5.12. The van der Waals surface area contributed by atoms with Crippen molar-refractivity contribution in [3.63, 3.8) is 0 Å². The van der Waals surface area contributed by atoms with Gasteiger partial charge in [0.2, 0.25) is 11.8 Å². The monoisotopic (exact) mass is 362 g/mol. The van der Waals surface area contributed by atoms with E-state index in [1.807, 2.05) is 13.8 Å². The van der Waals surface area contributed by atoms with Crippen LogP contribution in [0.25, 0.3) is 11.0 Å². The summed E-state index contributed by atoms with van der Waals surface area (Å²) >= 11 is 6.00. The van der Waals surface area contributed by atoms with Gasteiger partial charge in [0.15, 0.2) is 11.6 Å². The van der Waals surface area contributed by atoms with E-state index in [4.69, 9.17) is 11.6 Å². The number of benzene rings is 1. The predicted octanol–water partition coefficient (Wildman–Crippen LogP) is 4.54. The van der Waals surface area contributed by atoms with Crippen LogP contribution in [0.15, 0.2) is 18.2 Å². The summed E-state index contributed by atoms with van der Waals surface area (Å²) in [5.74, 6) is 0.219. The standard InChI is InChI=1S/C18H23ClN4O2/c1-3-5-7-15(24)22-17-18(23-16(25)8-6-4-2)21-14-11-12(19)9-10-13(14)20-17/h9-11H,3-8H2,1-2H3,(H,20,22,24)(H,21,23,25). The average Bonchev–Trinajstić information content (AvgIpc) is 2.58. The van der Waals surface area contributed by atoms with Crippen molar-refractivity contribution in [3.05, 3.63) is 23.2 Å². The number of aromatic nitrogens is 2. The highest BCUT2D eigenvalue weighted by Crippen LogP contribution is 2.24. The SMILES string of the molecule is CCCCC(=O)Nc1nc2ccc(Cl)cc2nc1NC(=O)CCCC. The Balaban J connectivity index is 2.31. The Kier molecular flexibility index (Phi) is 7.13. The number of carbonyl (C=O) groups excluding carboxylic acids is 2. The zero-order valence-corrected chi connectivity index (χ0v) is 15.3. The minimum atomic E-state index is -0.151. The van der Waals surface area contributed by atoms with Gasteiger partial charge in [-0.3, -0.25) is 9.59 Å². The fourth-order valence-corrected chi connectivity index (χ4v) is 2.43. The maximum atomic E-state index is 12.1. The summed E-state index contributed by atoms with van der Waals surface area (Å²) in [5, 5.41) is 6.03. The van der Waals surface area contributed by atoms with E-state index < -0.39 is 0 Å². The highest BCUT2D eigenvalue weighted by Gasteiger charge is 2.14. The van der Waals surface area contributed by atoms with Gasteiger partial charge < -0.3 is 10.6 Å². The number of rotatable bonds is 8. The number of hydrogen-bond donors (Lipinski definition) is 2. The molecule has 2 N–H and O–H groups in total. The van der Waals surface area contributed by atoms with Crippen LogP contribution in [0.4, 0.5) is 11.6 Å². The van der Waals surface area contributed by atoms with E-state index in [1.165, 1.54) is 0 Å².